The summed E-state index contributed by atoms with van der Waals surface area (Å²) in [5.41, 5.74) is 0.0482. The molecule has 0 unspecified atom stereocenters. The van der Waals surface area contributed by atoms with Crippen LogP contribution >= 0.6 is 11.3 Å². The van der Waals surface area contributed by atoms with E-state index in [1.165, 1.54) is 29.0 Å². The summed E-state index contributed by atoms with van der Waals surface area (Å²) in [7, 11) is 1.57. The fourth-order valence-corrected chi connectivity index (χ4v) is 3.06. The summed E-state index contributed by atoms with van der Waals surface area (Å²) in [4.78, 5) is 24.3. The number of carbonyl (C=O) groups excluding carboxylic acids is 1. The van der Waals surface area contributed by atoms with E-state index in [0.717, 1.165) is 11.3 Å². The number of hydrogen-bond acceptors (Lipinski definition) is 4. The van der Waals surface area contributed by atoms with E-state index in [0.29, 0.717) is 14.8 Å². The summed E-state index contributed by atoms with van der Waals surface area (Å²) in [6, 6.07) is 9.37. The second-order valence-electron chi connectivity index (χ2n) is 4.82. The van der Waals surface area contributed by atoms with Crippen LogP contribution in [0.25, 0.3) is 12.2 Å². The Morgan fingerprint density at radius 1 is 1.26 bits per heavy atom. The number of ketones is 1. The van der Waals surface area contributed by atoms with Gasteiger partial charge in [0, 0.05) is 18.7 Å². The number of nitrogens with zero attached hydrogens (tertiary/aromatic N) is 1. The van der Waals surface area contributed by atoms with Crippen molar-refractivity contribution >= 4 is 29.3 Å². The number of benzene rings is 1. The van der Waals surface area contributed by atoms with Crippen LogP contribution in [0.2, 0.25) is 0 Å². The fraction of sp³-hybridized carbons (Fsp3) is 0.0588. The molecule has 2 aromatic heterocycles. The van der Waals surface area contributed by atoms with E-state index in [9.17, 15) is 14.0 Å². The quantitative estimate of drug-likeness (QED) is 0.687. The number of Topliss-reactive ketones (excluding diaryl/α,β-unsaturated/α-hetero) is 1. The van der Waals surface area contributed by atoms with Gasteiger partial charge >= 0.3 is 0 Å². The maximum atomic E-state index is 13.7. The lowest BCUT2D eigenvalue weighted by Gasteiger charge is -1.92. The Hall–Kier alpha value is -2.73. The molecule has 4 nitrogen and oxygen atoms in total. The van der Waals surface area contributed by atoms with Gasteiger partial charge in [-0.3, -0.25) is 9.59 Å². The van der Waals surface area contributed by atoms with E-state index in [4.69, 9.17) is 4.42 Å². The molecule has 0 bridgehead atoms. The third kappa shape index (κ3) is 3.07. The van der Waals surface area contributed by atoms with Gasteiger partial charge in [-0.1, -0.05) is 18.2 Å². The maximum absolute atomic E-state index is 13.7. The number of aromatic nitrogens is 1. The molecular weight excluding hydrogens is 317 g/mol. The molecule has 3 rings (SSSR count). The SMILES string of the molecule is Cn1c(=CC(=O)c2ccco2)sc(=Cc2ccccc2F)c1=O. The average molecular weight is 329 g/mol. The van der Waals surface area contributed by atoms with E-state index < -0.39 is 5.82 Å². The molecule has 0 saturated heterocycles. The highest BCUT2D eigenvalue weighted by molar-refractivity contribution is 7.07. The smallest absolute Gasteiger partial charge is 0.268 e. The Morgan fingerprint density at radius 3 is 2.74 bits per heavy atom. The summed E-state index contributed by atoms with van der Waals surface area (Å²) in [6.07, 6.45) is 4.23. The third-order valence-electron chi connectivity index (χ3n) is 3.27. The first-order chi connectivity index (χ1) is 11.1. The van der Waals surface area contributed by atoms with Crippen molar-refractivity contribution in [1.82, 2.24) is 4.57 Å². The van der Waals surface area contributed by atoms with Crippen LogP contribution in [-0.2, 0) is 7.05 Å². The highest BCUT2D eigenvalue weighted by Gasteiger charge is 2.08. The van der Waals surface area contributed by atoms with Gasteiger partial charge in [-0.15, -0.1) is 11.3 Å². The highest BCUT2D eigenvalue weighted by Crippen LogP contribution is 2.06. The van der Waals surface area contributed by atoms with Crippen molar-refractivity contribution in [3.05, 3.63) is 79.4 Å². The zero-order chi connectivity index (χ0) is 16.4. The predicted molar refractivity (Wildman–Crippen MR) is 86.3 cm³/mol. The molecule has 116 valence electrons. The number of thiazole rings is 1. The minimum absolute atomic E-state index is 0.200. The number of halogens is 1. The highest BCUT2D eigenvalue weighted by atomic mass is 32.1. The minimum atomic E-state index is -0.403. The first kappa shape index (κ1) is 15.2. The van der Waals surface area contributed by atoms with Crippen LogP contribution in [0.1, 0.15) is 16.1 Å². The molecule has 0 saturated carbocycles. The van der Waals surface area contributed by atoms with Crippen molar-refractivity contribution in [2.24, 2.45) is 7.05 Å². The van der Waals surface area contributed by atoms with Crippen molar-refractivity contribution in [2.45, 2.75) is 0 Å². The van der Waals surface area contributed by atoms with Gasteiger partial charge in [0.1, 0.15) is 10.5 Å². The lowest BCUT2D eigenvalue weighted by Crippen LogP contribution is -2.29. The molecule has 0 aliphatic heterocycles. The van der Waals surface area contributed by atoms with Crippen LogP contribution in [0, 0.1) is 5.82 Å². The van der Waals surface area contributed by atoms with Crippen molar-refractivity contribution < 1.29 is 13.6 Å². The van der Waals surface area contributed by atoms with Gasteiger partial charge in [-0.2, -0.15) is 0 Å². The Morgan fingerprint density at radius 2 is 2.04 bits per heavy atom. The van der Waals surface area contributed by atoms with Crippen LogP contribution in [0.5, 0.6) is 0 Å². The molecular formula is C17H12FNO3S. The van der Waals surface area contributed by atoms with Gasteiger partial charge in [0.05, 0.1) is 10.8 Å². The Kier molecular flexibility index (Phi) is 4.08. The normalized spacial score (nSPS) is 12.8. The van der Waals surface area contributed by atoms with E-state index in [1.54, 1.807) is 37.4 Å². The van der Waals surface area contributed by atoms with Crippen LogP contribution in [0.3, 0.4) is 0 Å². The zero-order valence-corrected chi connectivity index (χ0v) is 13.0. The minimum Gasteiger partial charge on any atom is -0.461 e. The third-order valence-corrected chi connectivity index (χ3v) is 4.38. The van der Waals surface area contributed by atoms with Gasteiger partial charge in [0.2, 0.25) is 5.78 Å². The van der Waals surface area contributed by atoms with E-state index in [1.807, 2.05) is 0 Å². The van der Waals surface area contributed by atoms with Crippen molar-refractivity contribution in [3.8, 4) is 0 Å². The Bertz CT molecular complexity index is 1030. The molecule has 1 aromatic carbocycles. The number of furan rings is 1. The van der Waals surface area contributed by atoms with Crippen LogP contribution in [-0.4, -0.2) is 10.4 Å². The molecule has 0 fully saturated rings. The molecule has 0 aliphatic rings. The Labute approximate surface area is 134 Å². The van der Waals surface area contributed by atoms with E-state index >= 15 is 0 Å². The largest absolute Gasteiger partial charge is 0.461 e. The van der Waals surface area contributed by atoms with Gasteiger partial charge in [-0.05, 0) is 24.3 Å². The fourth-order valence-electron chi connectivity index (χ4n) is 2.04. The molecule has 0 spiro atoms. The van der Waals surface area contributed by atoms with Crippen molar-refractivity contribution in [3.63, 3.8) is 0 Å². The second-order valence-corrected chi connectivity index (χ2v) is 5.88. The lowest BCUT2D eigenvalue weighted by molar-refractivity contribution is 0.103. The molecule has 6 heteroatoms. The standard InChI is InChI=1S/C17H12FNO3S/c1-19-16(10-13(20)14-7-4-8-22-14)23-15(17(19)21)9-11-5-2-3-6-12(11)18/h2-10H,1H3. The molecule has 3 aromatic rings. The number of carbonyl (C=O) groups is 1. The number of rotatable bonds is 3. The molecule has 2 heterocycles. The van der Waals surface area contributed by atoms with Crippen molar-refractivity contribution in [2.75, 3.05) is 0 Å². The van der Waals surface area contributed by atoms with Crippen LogP contribution < -0.4 is 14.8 Å². The first-order valence-electron chi connectivity index (χ1n) is 6.78. The molecule has 0 aliphatic carbocycles. The van der Waals surface area contributed by atoms with Crippen molar-refractivity contribution in [1.29, 1.82) is 0 Å². The van der Waals surface area contributed by atoms with E-state index in [-0.39, 0.29) is 17.1 Å². The topological polar surface area (TPSA) is 52.2 Å². The van der Waals surface area contributed by atoms with Crippen LogP contribution in [0.4, 0.5) is 4.39 Å². The summed E-state index contributed by atoms with van der Waals surface area (Å²) in [5.74, 6) is -0.532. The van der Waals surface area contributed by atoms with Gasteiger partial charge in [0.15, 0.2) is 5.76 Å². The molecule has 23 heavy (non-hydrogen) atoms. The lowest BCUT2D eigenvalue weighted by atomic mass is 10.2. The van der Waals surface area contributed by atoms with E-state index in [2.05, 4.69) is 0 Å². The average Bonchev–Trinajstić information content (AvgIpc) is 3.15. The second kappa shape index (κ2) is 6.18. The number of hydrogen-bond donors (Lipinski definition) is 0. The van der Waals surface area contributed by atoms with Gasteiger partial charge in [-0.25, -0.2) is 4.39 Å². The maximum Gasteiger partial charge on any atom is 0.268 e. The molecule has 0 atom stereocenters. The molecule has 0 amide bonds. The molecule has 0 N–H and O–H groups in total. The summed E-state index contributed by atoms with van der Waals surface area (Å²) in [6.45, 7) is 0. The monoisotopic (exact) mass is 329 g/mol. The summed E-state index contributed by atoms with van der Waals surface area (Å²) < 4.78 is 20.9. The first-order valence-corrected chi connectivity index (χ1v) is 7.59. The summed E-state index contributed by atoms with van der Waals surface area (Å²) in [5, 5.41) is 0. The predicted octanol–water partition coefficient (Wildman–Crippen LogP) is 1.67. The summed E-state index contributed by atoms with van der Waals surface area (Å²) >= 11 is 1.13. The molecule has 0 radical (unpaired) electrons. The zero-order valence-electron chi connectivity index (χ0n) is 12.2. The van der Waals surface area contributed by atoms with Gasteiger partial charge in [0.25, 0.3) is 5.56 Å². The van der Waals surface area contributed by atoms with Crippen LogP contribution in [0.15, 0.2) is 51.9 Å². The van der Waals surface area contributed by atoms with Gasteiger partial charge < -0.3 is 8.98 Å². The Balaban J connectivity index is 2.11.